The molecule has 106 valence electrons. The van der Waals surface area contributed by atoms with Crippen LogP contribution in [0, 0.1) is 18.6 Å². The van der Waals surface area contributed by atoms with Crippen LogP contribution in [0.5, 0.6) is 0 Å². The molecule has 0 aliphatic heterocycles. The van der Waals surface area contributed by atoms with Gasteiger partial charge in [0.05, 0.1) is 11.3 Å². The summed E-state index contributed by atoms with van der Waals surface area (Å²) in [5, 5.41) is 2.91. The molecule has 1 aromatic carbocycles. The lowest BCUT2D eigenvalue weighted by atomic mass is 10.2. The van der Waals surface area contributed by atoms with Gasteiger partial charge in [0.15, 0.2) is 0 Å². The summed E-state index contributed by atoms with van der Waals surface area (Å²) < 4.78 is 27.4. The van der Waals surface area contributed by atoms with Crippen LogP contribution in [0.2, 0.25) is 0 Å². The van der Waals surface area contributed by atoms with Gasteiger partial charge in [0, 0.05) is 6.04 Å². The van der Waals surface area contributed by atoms with Crippen molar-refractivity contribution in [1.29, 1.82) is 0 Å². The van der Waals surface area contributed by atoms with E-state index in [2.05, 4.69) is 10.3 Å². The van der Waals surface area contributed by atoms with Crippen LogP contribution < -0.4 is 5.32 Å². The molecule has 0 fully saturated rings. The zero-order valence-electron chi connectivity index (χ0n) is 11.3. The predicted molar refractivity (Wildman–Crippen MR) is 74.8 cm³/mol. The number of amides is 1. The maximum atomic E-state index is 13.7. The second kappa shape index (κ2) is 5.66. The first-order valence-electron chi connectivity index (χ1n) is 6.12. The lowest BCUT2D eigenvalue weighted by molar-refractivity contribution is 0.0946. The van der Waals surface area contributed by atoms with E-state index in [0.29, 0.717) is 10.6 Å². The molecule has 0 aliphatic rings. The third-order valence-corrected chi connectivity index (χ3v) is 3.77. The molecule has 0 saturated heterocycles. The molecule has 2 aromatic rings. The van der Waals surface area contributed by atoms with Crippen LogP contribution in [0.3, 0.4) is 0 Å². The van der Waals surface area contributed by atoms with Crippen LogP contribution in [0.1, 0.15) is 29.2 Å². The minimum Gasteiger partial charge on any atom is -0.349 e. The summed E-state index contributed by atoms with van der Waals surface area (Å²) in [6.45, 7) is 5.32. The van der Waals surface area contributed by atoms with E-state index in [0.717, 1.165) is 11.3 Å². The maximum absolute atomic E-state index is 13.7. The Balaban J connectivity index is 2.44. The summed E-state index contributed by atoms with van der Waals surface area (Å²) in [6, 6.07) is 3.62. The summed E-state index contributed by atoms with van der Waals surface area (Å²) in [6.07, 6.45) is 0. The van der Waals surface area contributed by atoms with Gasteiger partial charge in [0.2, 0.25) is 0 Å². The first kappa shape index (κ1) is 14.6. The number of aryl methyl sites for hydroxylation is 1. The van der Waals surface area contributed by atoms with Crippen molar-refractivity contribution in [3.05, 3.63) is 40.4 Å². The van der Waals surface area contributed by atoms with Gasteiger partial charge < -0.3 is 5.32 Å². The van der Waals surface area contributed by atoms with Crippen LogP contribution in [-0.2, 0) is 0 Å². The van der Waals surface area contributed by atoms with Crippen molar-refractivity contribution in [1.82, 2.24) is 10.3 Å². The average Bonchev–Trinajstić information content (AvgIpc) is 2.70. The number of nitrogens with zero attached hydrogens (tertiary/aromatic N) is 1. The van der Waals surface area contributed by atoms with Crippen molar-refractivity contribution in [3.8, 4) is 10.6 Å². The van der Waals surface area contributed by atoms with Crippen LogP contribution in [0.4, 0.5) is 8.78 Å². The molecular weight excluding hydrogens is 282 g/mol. The van der Waals surface area contributed by atoms with Crippen molar-refractivity contribution in [2.24, 2.45) is 0 Å². The number of rotatable bonds is 3. The third kappa shape index (κ3) is 2.85. The molecule has 1 aromatic heterocycles. The summed E-state index contributed by atoms with van der Waals surface area (Å²) in [5.74, 6) is -1.65. The molecule has 1 heterocycles. The molecule has 0 radical (unpaired) electrons. The van der Waals surface area contributed by atoms with Crippen LogP contribution in [0.25, 0.3) is 10.6 Å². The Morgan fingerprint density at radius 1 is 1.30 bits per heavy atom. The highest BCUT2D eigenvalue weighted by atomic mass is 32.1. The highest BCUT2D eigenvalue weighted by Gasteiger charge is 2.20. The standard InChI is InChI=1S/C14H14F2N2OS/c1-7(2)17-13(19)12-8(3)18-14(20-12)11-9(15)5-4-6-10(11)16/h4-7H,1-3H3,(H,17,19). The molecule has 0 saturated carbocycles. The maximum Gasteiger partial charge on any atom is 0.263 e. The smallest absolute Gasteiger partial charge is 0.263 e. The number of nitrogens with one attached hydrogen (secondary N) is 1. The van der Waals surface area contributed by atoms with Crippen molar-refractivity contribution >= 4 is 17.2 Å². The number of halogens is 2. The van der Waals surface area contributed by atoms with Gasteiger partial charge in [-0.05, 0) is 32.9 Å². The average molecular weight is 296 g/mol. The zero-order valence-corrected chi connectivity index (χ0v) is 12.1. The van der Waals surface area contributed by atoms with E-state index < -0.39 is 11.6 Å². The van der Waals surface area contributed by atoms with Crippen molar-refractivity contribution < 1.29 is 13.6 Å². The van der Waals surface area contributed by atoms with Gasteiger partial charge in [-0.3, -0.25) is 4.79 Å². The van der Waals surface area contributed by atoms with Crippen molar-refractivity contribution in [3.63, 3.8) is 0 Å². The van der Waals surface area contributed by atoms with Gasteiger partial charge in [0.1, 0.15) is 21.5 Å². The first-order valence-corrected chi connectivity index (χ1v) is 6.94. The number of carbonyl (C=O) groups is 1. The molecule has 2 rings (SSSR count). The minimum atomic E-state index is -0.686. The molecule has 0 bridgehead atoms. The van der Waals surface area contributed by atoms with Gasteiger partial charge >= 0.3 is 0 Å². The van der Waals surface area contributed by atoms with E-state index in [-0.39, 0.29) is 22.5 Å². The topological polar surface area (TPSA) is 42.0 Å². The van der Waals surface area contributed by atoms with Crippen LogP contribution in [-0.4, -0.2) is 16.9 Å². The Bertz CT molecular complexity index is 632. The number of hydrogen-bond donors (Lipinski definition) is 1. The normalized spacial score (nSPS) is 10.9. The fourth-order valence-electron chi connectivity index (χ4n) is 1.74. The molecule has 6 heteroatoms. The Kier molecular flexibility index (Phi) is 4.13. The van der Waals surface area contributed by atoms with E-state index in [1.54, 1.807) is 6.92 Å². The summed E-state index contributed by atoms with van der Waals surface area (Å²) in [5.41, 5.74) is 0.273. The van der Waals surface area contributed by atoms with E-state index in [1.807, 2.05) is 13.8 Å². The Hall–Kier alpha value is -1.82. The zero-order chi connectivity index (χ0) is 14.9. The quantitative estimate of drug-likeness (QED) is 0.941. The predicted octanol–water partition coefficient (Wildman–Crippen LogP) is 3.53. The molecule has 20 heavy (non-hydrogen) atoms. The molecule has 0 unspecified atom stereocenters. The Morgan fingerprint density at radius 2 is 1.90 bits per heavy atom. The second-order valence-electron chi connectivity index (χ2n) is 4.66. The van der Waals surface area contributed by atoms with Crippen LogP contribution in [0.15, 0.2) is 18.2 Å². The second-order valence-corrected chi connectivity index (χ2v) is 5.66. The molecule has 0 aliphatic carbocycles. The molecular formula is C14H14F2N2OS. The van der Waals surface area contributed by atoms with Gasteiger partial charge in [-0.1, -0.05) is 6.07 Å². The number of hydrogen-bond acceptors (Lipinski definition) is 3. The monoisotopic (exact) mass is 296 g/mol. The SMILES string of the molecule is Cc1nc(-c2c(F)cccc2F)sc1C(=O)NC(C)C. The Morgan fingerprint density at radius 3 is 2.45 bits per heavy atom. The van der Waals surface area contributed by atoms with Crippen molar-refractivity contribution in [2.75, 3.05) is 0 Å². The number of benzene rings is 1. The number of carbonyl (C=O) groups excluding carboxylic acids is 1. The van der Waals surface area contributed by atoms with Gasteiger partial charge in [-0.2, -0.15) is 0 Å². The molecule has 1 amide bonds. The van der Waals surface area contributed by atoms with E-state index in [1.165, 1.54) is 18.2 Å². The molecule has 1 N–H and O–H groups in total. The van der Waals surface area contributed by atoms with Crippen LogP contribution >= 0.6 is 11.3 Å². The summed E-state index contributed by atoms with van der Waals surface area (Å²) in [7, 11) is 0. The number of thiazole rings is 1. The highest BCUT2D eigenvalue weighted by Crippen LogP contribution is 2.31. The largest absolute Gasteiger partial charge is 0.349 e. The van der Waals surface area contributed by atoms with Gasteiger partial charge in [0.25, 0.3) is 5.91 Å². The summed E-state index contributed by atoms with van der Waals surface area (Å²) >= 11 is 0.988. The van der Waals surface area contributed by atoms with E-state index in [4.69, 9.17) is 0 Å². The lowest BCUT2D eigenvalue weighted by Gasteiger charge is -2.06. The van der Waals surface area contributed by atoms with E-state index >= 15 is 0 Å². The number of aromatic nitrogens is 1. The fraction of sp³-hybridized carbons (Fsp3) is 0.286. The molecule has 0 atom stereocenters. The van der Waals surface area contributed by atoms with Gasteiger partial charge in [-0.15, -0.1) is 11.3 Å². The third-order valence-electron chi connectivity index (χ3n) is 2.60. The van der Waals surface area contributed by atoms with E-state index in [9.17, 15) is 13.6 Å². The molecule has 3 nitrogen and oxygen atoms in total. The lowest BCUT2D eigenvalue weighted by Crippen LogP contribution is -2.29. The molecule has 0 spiro atoms. The minimum absolute atomic E-state index is 0.0161. The highest BCUT2D eigenvalue weighted by molar-refractivity contribution is 7.17. The first-order chi connectivity index (χ1) is 9.40. The Labute approximate surface area is 119 Å². The summed E-state index contributed by atoms with van der Waals surface area (Å²) in [4.78, 5) is 16.4. The van der Waals surface area contributed by atoms with Crippen molar-refractivity contribution in [2.45, 2.75) is 26.8 Å². The fourth-order valence-corrected chi connectivity index (χ4v) is 2.76. The van der Waals surface area contributed by atoms with Gasteiger partial charge in [-0.25, -0.2) is 13.8 Å².